The molecule has 0 fully saturated rings. The third kappa shape index (κ3) is 47.5. The van der Waals surface area contributed by atoms with Crippen LogP contribution in [0.3, 0.4) is 0 Å². The number of hydrogen-bond acceptors (Lipinski definition) is 8. The second kappa shape index (κ2) is 46.2. The monoisotopic (exact) mass is 904 g/mol. The first-order valence-corrected chi connectivity index (χ1v) is 24.7. The summed E-state index contributed by atoms with van der Waals surface area (Å²) < 4.78 is 22.5. The van der Waals surface area contributed by atoms with Crippen molar-refractivity contribution in [3.05, 3.63) is 122 Å². The molecule has 2 atom stereocenters. The van der Waals surface area contributed by atoms with Gasteiger partial charge in [0.05, 0.1) is 40.3 Å². The lowest BCUT2D eigenvalue weighted by atomic mass is 10.1. The number of carboxylic acids is 1. The predicted octanol–water partition coefficient (Wildman–Crippen LogP) is 12.4. The van der Waals surface area contributed by atoms with Crippen LogP contribution in [0.2, 0.25) is 0 Å². The van der Waals surface area contributed by atoms with Crippen molar-refractivity contribution in [2.75, 3.05) is 47.5 Å². The van der Waals surface area contributed by atoms with Crippen LogP contribution in [0.25, 0.3) is 0 Å². The molecule has 0 aromatic carbocycles. The highest BCUT2D eigenvalue weighted by atomic mass is 16.7. The fraction of sp³-hybridized carbons (Fsp3) is 0.589. The van der Waals surface area contributed by atoms with Crippen molar-refractivity contribution in [2.45, 2.75) is 167 Å². The number of esters is 2. The summed E-state index contributed by atoms with van der Waals surface area (Å²) in [5.41, 5.74) is 0. The van der Waals surface area contributed by atoms with Crippen LogP contribution < -0.4 is 5.11 Å². The van der Waals surface area contributed by atoms with Gasteiger partial charge < -0.3 is 33.3 Å². The van der Waals surface area contributed by atoms with Crippen molar-refractivity contribution >= 4 is 17.9 Å². The normalized spacial score (nSPS) is 13.9. The third-order valence-electron chi connectivity index (χ3n) is 9.70. The van der Waals surface area contributed by atoms with Gasteiger partial charge in [-0.1, -0.05) is 161 Å². The first kappa shape index (κ1) is 60.7. The number of rotatable bonds is 43. The molecule has 0 saturated carbocycles. The molecule has 0 rings (SSSR count). The highest BCUT2D eigenvalue weighted by Crippen LogP contribution is 2.11. The minimum absolute atomic E-state index is 0.130. The Bertz CT molecular complexity index is 1470. The van der Waals surface area contributed by atoms with Crippen molar-refractivity contribution in [3.63, 3.8) is 0 Å². The topological polar surface area (TPSA) is 111 Å². The lowest BCUT2D eigenvalue weighted by Gasteiger charge is -2.26. The Morgan fingerprint density at radius 3 is 1.25 bits per heavy atom. The van der Waals surface area contributed by atoms with Gasteiger partial charge in [-0.05, 0) is 103 Å². The van der Waals surface area contributed by atoms with Gasteiger partial charge in [-0.3, -0.25) is 9.59 Å². The molecule has 9 heteroatoms. The fourth-order valence-electron chi connectivity index (χ4n) is 5.94. The number of carbonyl (C=O) groups is 3. The first-order valence-electron chi connectivity index (χ1n) is 24.7. The van der Waals surface area contributed by atoms with E-state index in [1.807, 2.05) is 21.1 Å². The van der Waals surface area contributed by atoms with Crippen LogP contribution in [-0.4, -0.2) is 82.3 Å². The van der Waals surface area contributed by atoms with E-state index in [9.17, 15) is 19.5 Å². The van der Waals surface area contributed by atoms with Gasteiger partial charge in [0.1, 0.15) is 13.2 Å². The van der Waals surface area contributed by atoms with Gasteiger partial charge in [-0.25, -0.2) is 0 Å². The lowest BCUT2D eigenvalue weighted by Crippen LogP contribution is -2.44. The second-order valence-electron chi connectivity index (χ2n) is 17.0. The Hall–Kier alpha value is -4.31. The summed E-state index contributed by atoms with van der Waals surface area (Å²) in [5, 5.41) is 11.7. The molecule has 0 aromatic rings. The van der Waals surface area contributed by atoms with Crippen LogP contribution in [0.1, 0.15) is 155 Å². The van der Waals surface area contributed by atoms with Gasteiger partial charge in [-0.2, -0.15) is 0 Å². The van der Waals surface area contributed by atoms with Crippen LogP contribution >= 0.6 is 0 Å². The minimum Gasteiger partial charge on any atom is -0.545 e. The summed E-state index contributed by atoms with van der Waals surface area (Å²) in [6.07, 6.45) is 60.9. The highest BCUT2D eigenvalue weighted by Gasteiger charge is 2.21. The molecule has 366 valence electrons. The van der Waals surface area contributed by atoms with Crippen LogP contribution in [-0.2, 0) is 33.3 Å². The van der Waals surface area contributed by atoms with Crippen LogP contribution in [0.4, 0.5) is 0 Å². The number of likely N-dealkylation sites (N-methyl/N-ethyl adjacent to an activating group) is 1. The van der Waals surface area contributed by atoms with Crippen molar-refractivity contribution in [1.82, 2.24) is 0 Å². The third-order valence-corrected chi connectivity index (χ3v) is 9.70. The first-order chi connectivity index (χ1) is 31.6. The minimum atomic E-state index is -1.64. The molecule has 9 nitrogen and oxygen atoms in total. The van der Waals surface area contributed by atoms with E-state index < -0.39 is 30.3 Å². The van der Waals surface area contributed by atoms with Crippen molar-refractivity contribution in [3.8, 4) is 0 Å². The Kier molecular flexibility index (Phi) is 43.2. The van der Waals surface area contributed by atoms with Crippen LogP contribution in [0, 0.1) is 0 Å². The molecule has 0 aliphatic rings. The van der Waals surface area contributed by atoms with E-state index in [0.717, 1.165) is 116 Å². The number of hydrogen-bond donors (Lipinski definition) is 0. The average molecular weight is 904 g/mol. The number of ether oxygens (including phenoxy) is 4. The maximum Gasteiger partial charge on any atom is 0.306 e. The number of aliphatic carboxylic acids is 1. The summed E-state index contributed by atoms with van der Waals surface area (Å²) in [6.45, 7) is 4.42. The van der Waals surface area contributed by atoms with Crippen molar-refractivity contribution in [1.29, 1.82) is 0 Å². The molecule has 0 aliphatic carbocycles. The number of unbranched alkanes of at least 4 members (excludes halogenated alkanes) is 8. The van der Waals surface area contributed by atoms with Gasteiger partial charge >= 0.3 is 11.9 Å². The molecular weight excluding hydrogens is 815 g/mol. The SMILES string of the molecule is CC/C=C\C/C=C\C/C=C\C/C=C\C/C=C\C/C=C\C/C=C\CCCCCC(=O)OC(COC(=O)CCCCCCC/C=C\C/C=C\C/C=C\CC)COC(OCC[N+](C)(C)C)C(=O)[O-]. The largest absolute Gasteiger partial charge is 0.545 e. The fourth-order valence-corrected chi connectivity index (χ4v) is 5.94. The molecule has 0 aliphatic heterocycles. The Morgan fingerprint density at radius 2 is 0.831 bits per heavy atom. The molecule has 2 unspecified atom stereocenters. The predicted molar refractivity (Wildman–Crippen MR) is 269 cm³/mol. The summed E-state index contributed by atoms with van der Waals surface area (Å²) in [6, 6.07) is 0. The maximum atomic E-state index is 12.8. The molecule has 0 saturated heterocycles. The zero-order chi connectivity index (χ0) is 47.7. The maximum absolute atomic E-state index is 12.8. The number of allylic oxidation sites excluding steroid dienone is 20. The van der Waals surface area contributed by atoms with Crippen molar-refractivity contribution < 1.29 is 42.9 Å². The van der Waals surface area contributed by atoms with Gasteiger partial charge in [0, 0.05) is 12.8 Å². The highest BCUT2D eigenvalue weighted by molar-refractivity contribution is 5.70. The molecule has 0 bridgehead atoms. The average Bonchev–Trinajstić information content (AvgIpc) is 3.27. The van der Waals surface area contributed by atoms with Crippen molar-refractivity contribution in [2.24, 2.45) is 0 Å². The Morgan fingerprint density at radius 1 is 0.462 bits per heavy atom. The number of carboxylic acid groups (broad SMARTS) is 1. The van der Waals surface area contributed by atoms with E-state index in [4.69, 9.17) is 18.9 Å². The second-order valence-corrected chi connectivity index (χ2v) is 17.0. The van der Waals surface area contributed by atoms with Gasteiger partial charge in [0.2, 0.25) is 0 Å². The van der Waals surface area contributed by atoms with E-state index in [2.05, 4.69) is 135 Å². The quantitative estimate of drug-likeness (QED) is 0.0196. The van der Waals surface area contributed by atoms with Gasteiger partial charge in [-0.15, -0.1) is 0 Å². The van der Waals surface area contributed by atoms with Gasteiger partial charge in [0.15, 0.2) is 12.4 Å². The zero-order valence-corrected chi connectivity index (χ0v) is 41.3. The molecule has 0 radical (unpaired) electrons. The summed E-state index contributed by atoms with van der Waals surface area (Å²) in [5.74, 6) is -2.37. The number of carbonyl (C=O) groups excluding carboxylic acids is 3. The Labute approximate surface area is 396 Å². The summed E-state index contributed by atoms with van der Waals surface area (Å²) in [4.78, 5) is 37.1. The lowest BCUT2D eigenvalue weighted by molar-refractivity contribution is -0.870. The Balaban J connectivity index is 4.49. The number of quaternary nitrogens is 1. The van der Waals surface area contributed by atoms with E-state index in [0.29, 0.717) is 23.9 Å². The molecule has 65 heavy (non-hydrogen) atoms. The van der Waals surface area contributed by atoms with E-state index in [1.165, 1.54) is 0 Å². The van der Waals surface area contributed by atoms with Crippen LogP contribution in [0.15, 0.2) is 122 Å². The molecule has 0 aromatic heterocycles. The zero-order valence-electron chi connectivity index (χ0n) is 41.3. The molecule has 0 N–H and O–H groups in total. The summed E-state index contributed by atoms with van der Waals surface area (Å²) >= 11 is 0. The van der Waals surface area contributed by atoms with E-state index in [-0.39, 0.29) is 32.7 Å². The van der Waals surface area contributed by atoms with E-state index >= 15 is 0 Å². The smallest absolute Gasteiger partial charge is 0.306 e. The van der Waals surface area contributed by atoms with Crippen LogP contribution in [0.5, 0.6) is 0 Å². The van der Waals surface area contributed by atoms with Gasteiger partial charge in [0.25, 0.3) is 0 Å². The summed E-state index contributed by atoms with van der Waals surface area (Å²) in [7, 11) is 5.88. The number of nitrogens with zero attached hydrogens (tertiary/aromatic N) is 1. The standard InChI is InChI=1S/C56H89NO8/c1-6-8-10-12-14-16-18-20-22-23-24-25-26-27-28-29-30-31-33-35-37-39-41-43-45-47-54(59)65-52(51-64-56(55(60)61)62-49-48-57(3,4)5)50-63-53(58)46-44-42-40-38-36-34-32-21-19-17-15-13-11-9-7-2/h8-11,14-17,20-22,24-25,27-28,30-32,35,37,52,56H,6-7,12-13,18-19,23,26,29,33-34,36,38-51H2,1-5H3/b10-8-,11-9-,16-14-,17-15-,22-20-,25-24-,28-27-,31-30-,32-21-,37-35-. The molecular formula is C56H89NO8. The molecule has 0 spiro atoms. The molecule has 0 heterocycles. The molecule has 0 amide bonds. The van der Waals surface area contributed by atoms with E-state index in [1.54, 1.807) is 0 Å².